The van der Waals surface area contributed by atoms with Gasteiger partial charge in [-0.15, -0.1) is 0 Å². The normalized spacial score (nSPS) is 15.3. The van der Waals surface area contributed by atoms with Crippen LogP contribution in [-0.4, -0.2) is 11.7 Å². The quantitative estimate of drug-likeness (QED) is 0.520. The average molecular weight is 421 g/mol. The zero-order valence-corrected chi connectivity index (χ0v) is 15.7. The van der Waals surface area contributed by atoms with Crippen molar-refractivity contribution in [1.29, 1.82) is 0 Å². The molecule has 1 aliphatic rings. The van der Waals surface area contributed by atoms with E-state index in [1.165, 1.54) is 12.1 Å². The second-order valence-electron chi connectivity index (χ2n) is 6.00. The number of amidine groups is 1. The Hall–Kier alpha value is -3.05. The number of hydrogen-bond acceptors (Lipinski definition) is 2. The third kappa shape index (κ3) is 3.59. The summed E-state index contributed by atoms with van der Waals surface area (Å²) < 4.78 is 14.1. The predicted molar refractivity (Wildman–Crippen MR) is 109 cm³/mol. The van der Waals surface area contributed by atoms with Crippen LogP contribution < -0.4 is 4.90 Å². The number of para-hydroxylation sites is 1. The molecule has 3 aromatic carbocycles. The molecule has 1 aliphatic heterocycles. The topological polar surface area (TPSA) is 32.7 Å². The van der Waals surface area contributed by atoms with E-state index in [1.807, 2.05) is 54.6 Å². The van der Waals surface area contributed by atoms with Gasteiger partial charge in [-0.2, -0.15) is 0 Å². The molecule has 0 spiro atoms. The van der Waals surface area contributed by atoms with Crippen LogP contribution in [0.3, 0.4) is 0 Å². The highest BCUT2D eigenvalue weighted by Crippen LogP contribution is 2.28. The van der Waals surface area contributed by atoms with Crippen LogP contribution in [0.4, 0.5) is 10.1 Å². The van der Waals surface area contributed by atoms with Gasteiger partial charge in [-0.05, 0) is 48.0 Å². The molecular formula is C22H14BrFN2O. The molecule has 3 nitrogen and oxygen atoms in total. The standard InChI is InChI=1S/C22H14BrFN2O/c23-17-10-8-16(9-11-17)21-25-20(14-15-6-12-18(24)13-7-15)22(27)26(21)19-4-2-1-3-5-19/h1-14H/b20-14+. The predicted octanol–water partition coefficient (Wildman–Crippen LogP) is 5.42. The summed E-state index contributed by atoms with van der Waals surface area (Å²) in [5.74, 6) is 0.0235. The van der Waals surface area contributed by atoms with E-state index >= 15 is 0 Å². The van der Waals surface area contributed by atoms with E-state index in [-0.39, 0.29) is 11.7 Å². The van der Waals surface area contributed by atoms with Gasteiger partial charge in [-0.1, -0.05) is 58.4 Å². The van der Waals surface area contributed by atoms with Gasteiger partial charge < -0.3 is 0 Å². The average Bonchev–Trinajstić information content (AvgIpc) is 3.01. The number of aliphatic imine (C=N–C) groups is 1. The number of amides is 1. The lowest BCUT2D eigenvalue weighted by Gasteiger charge is -2.18. The van der Waals surface area contributed by atoms with Gasteiger partial charge in [0.2, 0.25) is 0 Å². The van der Waals surface area contributed by atoms with Crippen LogP contribution in [0.1, 0.15) is 11.1 Å². The van der Waals surface area contributed by atoms with Crippen molar-refractivity contribution in [1.82, 2.24) is 0 Å². The zero-order valence-electron chi connectivity index (χ0n) is 14.1. The van der Waals surface area contributed by atoms with Gasteiger partial charge in [0, 0.05) is 10.0 Å². The maximum absolute atomic E-state index is 13.1. The fourth-order valence-corrected chi connectivity index (χ4v) is 3.11. The lowest BCUT2D eigenvalue weighted by molar-refractivity contribution is -0.113. The molecule has 5 heteroatoms. The maximum Gasteiger partial charge on any atom is 0.282 e. The maximum atomic E-state index is 13.1. The van der Waals surface area contributed by atoms with Crippen molar-refractivity contribution in [3.63, 3.8) is 0 Å². The van der Waals surface area contributed by atoms with E-state index in [4.69, 9.17) is 0 Å². The number of hydrogen-bond donors (Lipinski definition) is 0. The van der Waals surface area contributed by atoms with E-state index in [9.17, 15) is 9.18 Å². The first-order valence-electron chi connectivity index (χ1n) is 8.33. The van der Waals surface area contributed by atoms with E-state index in [0.29, 0.717) is 17.1 Å². The van der Waals surface area contributed by atoms with E-state index in [2.05, 4.69) is 20.9 Å². The van der Waals surface area contributed by atoms with Crippen LogP contribution >= 0.6 is 15.9 Å². The van der Waals surface area contributed by atoms with Gasteiger partial charge in [0.1, 0.15) is 17.3 Å². The Morgan fingerprint density at radius 2 is 1.56 bits per heavy atom. The van der Waals surface area contributed by atoms with E-state index in [0.717, 1.165) is 15.7 Å². The molecule has 27 heavy (non-hydrogen) atoms. The zero-order chi connectivity index (χ0) is 18.8. The summed E-state index contributed by atoms with van der Waals surface area (Å²) in [4.78, 5) is 19.3. The fourth-order valence-electron chi connectivity index (χ4n) is 2.84. The third-order valence-electron chi connectivity index (χ3n) is 4.15. The SMILES string of the molecule is O=C1/C(=C\c2ccc(F)cc2)N=C(c2ccc(Br)cc2)N1c1ccccc1. The Morgan fingerprint density at radius 1 is 0.889 bits per heavy atom. The molecule has 0 N–H and O–H groups in total. The minimum atomic E-state index is -0.320. The Balaban J connectivity index is 1.81. The smallest absolute Gasteiger partial charge is 0.266 e. The number of nitrogens with zero attached hydrogens (tertiary/aromatic N) is 2. The molecule has 0 bridgehead atoms. The van der Waals surface area contributed by atoms with E-state index in [1.54, 1.807) is 23.1 Å². The molecule has 0 saturated carbocycles. The number of anilines is 1. The van der Waals surface area contributed by atoms with Crippen molar-refractivity contribution in [3.05, 3.63) is 106 Å². The number of carbonyl (C=O) groups is 1. The molecule has 1 heterocycles. The molecule has 0 radical (unpaired) electrons. The number of rotatable bonds is 3. The Morgan fingerprint density at radius 3 is 2.22 bits per heavy atom. The number of carbonyl (C=O) groups excluding carboxylic acids is 1. The lowest BCUT2D eigenvalue weighted by Crippen LogP contribution is -2.32. The summed E-state index contributed by atoms with van der Waals surface area (Å²) in [6, 6.07) is 23.0. The second kappa shape index (κ2) is 7.29. The fraction of sp³-hybridized carbons (Fsp3) is 0. The molecule has 132 valence electrons. The van der Waals surface area contributed by atoms with Crippen LogP contribution in [0.15, 0.2) is 94.0 Å². The summed E-state index contributed by atoms with van der Waals surface area (Å²) in [6.45, 7) is 0. The van der Waals surface area contributed by atoms with Crippen molar-refractivity contribution >= 4 is 39.4 Å². The van der Waals surface area contributed by atoms with Crippen molar-refractivity contribution in [3.8, 4) is 0 Å². The van der Waals surface area contributed by atoms with Crippen molar-refractivity contribution in [2.75, 3.05) is 4.90 Å². The summed E-state index contributed by atoms with van der Waals surface area (Å²) in [7, 11) is 0. The minimum absolute atomic E-state index is 0.219. The molecular weight excluding hydrogens is 407 g/mol. The van der Waals surface area contributed by atoms with Crippen LogP contribution in [0.5, 0.6) is 0 Å². The summed E-state index contributed by atoms with van der Waals surface area (Å²) in [6.07, 6.45) is 1.67. The lowest BCUT2D eigenvalue weighted by atomic mass is 10.1. The molecule has 0 saturated heterocycles. The van der Waals surface area contributed by atoms with Crippen LogP contribution in [0.2, 0.25) is 0 Å². The van der Waals surface area contributed by atoms with Gasteiger partial charge >= 0.3 is 0 Å². The Labute approximate surface area is 164 Å². The highest BCUT2D eigenvalue weighted by atomic mass is 79.9. The first kappa shape index (κ1) is 17.4. The monoisotopic (exact) mass is 420 g/mol. The first-order chi connectivity index (χ1) is 13.1. The van der Waals surface area contributed by atoms with Gasteiger partial charge in [-0.25, -0.2) is 9.38 Å². The van der Waals surface area contributed by atoms with Crippen LogP contribution in [0, 0.1) is 5.82 Å². The number of halogens is 2. The Kier molecular flexibility index (Phi) is 4.69. The van der Waals surface area contributed by atoms with Gasteiger partial charge in [0.15, 0.2) is 0 Å². The molecule has 0 fully saturated rings. The molecule has 0 aliphatic carbocycles. The summed E-state index contributed by atoms with van der Waals surface area (Å²) >= 11 is 3.43. The largest absolute Gasteiger partial charge is 0.282 e. The second-order valence-corrected chi connectivity index (χ2v) is 6.92. The molecule has 0 aromatic heterocycles. The molecule has 0 unspecified atom stereocenters. The van der Waals surface area contributed by atoms with Gasteiger partial charge in [0.05, 0.1) is 5.69 Å². The molecule has 1 amide bonds. The van der Waals surface area contributed by atoms with Crippen molar-refractivity contribution in [2.45, 2.75) is 0 Å². The van der Waals surface area contributed by atoms with Crippen molar-refractivity contribution < 1.29 is 9.18 Å². The highest BCUT2D eigenvalue weighted by Gasteiger charge is 2.32. The van der Waals surface area contributed by atoms with Crippen molar-refractivity contribution in [2.24, 2.45) is 4.99 Å². The van der Waals surface area contributed by atoms with E-state index < -0.39 is 0 Å². The summed E-state index contributed by atoms with van der Waals surface area (Å²) in [5, 5.41) is 0. The van der Waals surface area contributed by atoms with Gasteiger partial charge in [-0.3, -0.25) is 9.69 Å². The highest BCUT2D eigenvalue weighted by molar-refractivity contribution is 9.10. The van der Waals surface area contributed by atoms with Crippen LogP contribution in [-0.2, 0) is 4.79 Å². The third-order valence-corrected chi connectivity index (χ3v) is 4.68. The first-order valence-corrected chi connectivity index (χ1v) is 9.12. The minimum Gasteiger partial charge on any atom is -0.266 e. The molecule has 4 rings (SSSR count). The number of benzene rings is 3. The molecule has 0 atom stereocenters. The molecule has 3 aromatic rings. The van der Waals surface area contributed by atoms with Gasteiger partial charge in [0.25, 0.3) is 5.91 Å². The summed E-state index contributed by atoms with van der Waals surface area (Å²) in [5.41, 5.74) is 2.60. The Bertz CT molecular complexity index is 1040. The van der Waals surface area contributed by atoms with Crippen LogP contribution in [0.25, 0.3) is 6.08 Å².